The van der Waals surface area contributed by atoms with E-state index in [-0.39, 0.29) is 11.7 Å². The first-order valence-corrected chi connectivity index (χ1v) is 5.50. The van der Waals surface area contributed by atoms with Crippen LogP contribution >= 0.6 is 0 Å². The van der Waals surface area contributed by atoms with E-state index in [1.165, 1.54) is 6.08 Å². The lowest BCUT2D eigenvalue weighted by atomic mass is 9.93. The zero-order chi connectivity index (χ0) is 12.3. The van der Waals surface area contributed by atoms with E-state index in [1.54, 1.807) is 6.92 Å². The van der Waals surface area contributed by atoms with E-state index in [1.807, 2.05) is 13.8 Å². The molecule has 1 aliphatic rings. The molecule has 90 valence electrons. The number of Topliss-reactive ketones (excluding diaryl/α,β-unsaturated/α-hetero) is 1. The highest BCUT2D eigenvalue weighted by atomic mass is 16.6. The van der Waals surface area contributed by atoms with Crippen LogP contribution < -0.4 is 5.32 Å². The second kappa shape index (κ2) is 4.78. The summed E-state index contributed by atoms with van der Waals surface area (Å²) in [5, 5.41) is 2.66. The van der Waals surface area contributed by atoms with Crippen LogP contribution in [-0.4, -0.2) is 29.9 Å². The van der Waals surface area contributed by atoms with Crippen molar-refractivity contribution in [3.05, 3.63) is 12.7 Å². The van der Waals surface area contributed by atoms with Gasteiger partial charge in [-0.15, -0.1) is 0 Å². The van der Waals surface area contributed by atoms with Crippen LogP contribution in [0.2, 0.25) is 0 Å². The van der Waals surface area contributed by atoms with Gasteiger partial charge < -0.3 is 10.1 Å². The number of ether oxygens (including phenoxy) is 1. The van der Waals surface area contributed by atoms with Gasteiger partial charge in [0, 0.05) is 0 Å². The van der Waals surface area contributed by atoms with Gasteiger partial charge in [0.15, 0.2) is 5.78 Å². The summed E-state index contributed by atoms with van der Waals surface area (Å²) in [6.45, 7) is 9.60. The Bertz CT molecular complexity index is 305. The van der Waals surface area contributed by atoms with Crippen LogP contribution in [-0.2, 0) is 14.3 Å². The Balaban J connectivity index is 2.66. The van der Waals surface area contributed by atoms with Crippen LogP contribution in [0, 0.1) is 5.92 Å². The number of hydrogen-bond donors (Lipinski definition) is 1. The predicted molar refractivity (Wildman–Crippen MR) is 60.9 cm³/mol. The van der Waals surface area contributed by atoms with Crippen molar-refractivity contribution in [2.75, 3.05) is 6.61 Å². The summed E-state index contributed by atoms with van der Waals surface area (Å²) in [4.78, 5) is 23.3. The fourth-order valence-electron chi connectivity index (χ4n) is 1.55. The van der Waals surface area contributed by atoms with Crippen molar-refractivity contribution >= 4 is 11.7 Å². The molecule has 1 heterocycles. The van der Waals surface area contributed by atoms with Gasteiger partial charge in [-0.25, -0.2) is 0 Å². The number of rotatable bonds is 6. The van der Waals surface area contributed by atoms with E-state index >= 15 is 0 Å². The van der Waals surface area contributed by atoms with Crippen LogP contribution in [0.25, 0.3) is 0 Å². The Labute approximate surface area is 96.0 Å². The maximum absolute atomic E-state index is 12.0. The molecule has 16 heavy (non-hydrogen) atoms. The van der Waals surface area contributed by atoms with Crippen molar-refractivity contribution in [2.24, 2.45) is 5.92 Å². The Hall–Kier alpha value is -1.16. The van der Waals surface area contributed by atoms with E-state index in [2.05, 4.69) is 11.9 Å². The van der Waals surface area contributed by atoms with E-state index < -0.39 is 11.6 Å². The first kappa shape index (κ1) is 12.9. The van der Waals surface area contributed by atoms with Crippen molar-refractivity contribution in [1.29, 1.82) is 0 Å². The molecule has 0 aromatic carbocycles. The van der Waals surface area contributed by atoms with Crippen LogP contribution in [0.4, 0.5) is 0 Å². The Morgan fingerprint density at radius 3 is 2.50 bits per heavy atom. The standard InChI is InChI=1S/C12H19NO3/c1-5-10(14)13-9(6-8(2)3)11(15)12(4)7-16-12/h5,8-9H,1,6-7H2,2-4H3,(H,13,14). The molecule has 2 atom stereocenters. The molecule has 1 saturated heterocycles. The molecular formula is C12H19NO3. The number of carbonyl (C=O) groups excluding carboxylic acids is 2. The minimum Gasteiger partial charge on any atom is -0.361 e. The van der Waals surface area contributed by atoms with Crippen LogP contribution in [0.1, 0.15) is 27.2 Å². The molecule has 1 rings (SSSR count). The molecule has 2 unspecified atom stereocenters. The van der Waals surface area contributed by atoms with Gasteiger partial charge >= 0.3 is 0 Å². The van der Waals surface area contributed by atoms with E-state index in [0.717, 1.165) is 0 Å². The molecule has 0 spiro atoms. The van der Waals surface area contributed by atoms with Gasteiger partial charge in [0.25, 0.3) is 0 Å². The van der Waals surface area contributed by atoms with Gasteiger partial charge in [0.05, 0.1) is 12.6 Å². The topological polar surface area (TPSA) is 58.7 Å². The van der Waals surface area contributed by atoms with Gasteiger partial charge in [-0.05, 0) is 25.3 Å². The fourth-order valence-corrected chi connectivity index (χ4v) is 1.55. The Morgan fingerprint density at radius 1 is 1.56 bits per heavy atom. The third-order valence-electron chi connectivity index (χ3n) is 2.62. The van der Waals surface area contributed by atoms with Crippen LogP contribution in [0.15, 0.2) is 12.7 Å². The SMILES string of the molecule is C=CC(=O)NC(CC(C)C)C(=O)C1(C)CO1. The summed E-state index contributed by atoms with van der Waals surface area (Å²) < 4.78 is 5.11. The summed E-state index contributed by atoms with van der Waals surface area (Å²) in [6.07, 6.45) is 1.80. The van der Waals surface area contributed by atoms with E-state index in [0.29, 0.717) is 18.9 Å². The summed E-state index contributed by atoms with van der Waals surface area (Å²) >= 11 is 0. The van der Waals surface area contributed by atoms with Crippen LogP contribution in [0.3, 0.4) is 0 Å². The summed E-state index contributed by atoms with van der Waals surface area (Å²) in [5.41, 5.74) is -0.687. The fraction of sp³-hybridized carbons (Fsp3) is 0.667. The van der Waals surface area contributed by atoms with Crippen molar-refractivity contribution < 1.29 is 14.3 Å². The normalized spacial score (nSPS) is 25.0. The summed E-state index contributed by atoms with van der Waals surface area (Å²) in [5.74, 6) is -0.0268. The number of nitrogens with one attached hydrogen (secondary N) is 1. The van der Waals surface area contributed by atoms with Crippen molar-refractivity contribution in [2.45, 2.75) is 38.8 Å². The van der Waals surface area contributed by atoms with Crippen molar-refractivity contribution in [3.8, 4) is 0 Å². The molecule has 0 bridgehead atoms. The molecule has 1 fully saturated rings. The first-order chi connectivity index (χ1) is 7.39. The second-order valence-corrected chi connectivity index (χ2v) is 4.78. The third-order valence-corrected chi connectivity index (χ3v) is 2.62. The molecule has 0 radical (unpaired) electrons. The number of carbonyl (C=O) groups is 2. The smallest absolute Gasteiger partial charge is 0.243 e. The van der Waals surface area contributed by atoms with Gasteiger partial charge in [0.1, 0.15) is 5.60 Å². The lowest BCUT2D eigenvalue weighted by molar-refractivity contribution is -0.129. The monoisotopic (exact) mass is 225 g/mol. The summed E-state index contributed by atoms with van der Waals surface area (Å²) in [6, 6.07) is -0.474. The molecule has 0 aromatic heterocycles. The lowest BCUT2D eigenvalue weighted by Crippen LogP contribution is -2.46. The first-order valence-electron chi connectivity index (χ1n) is 5.50. The molecule has 0 saturated carbocycles. The average molecular weight is 225 g/mol. The summed E-state index contributed by atoms with van der Waals surface area (Å²) in [7, 11) is 0. The molecular weight excluding hydrogens is 206 g/mol. The molecule has 1 N–H and O–H groups in total. The molecule has 1 aliphatic heterocycles. The van der Waals surface area contributed by atoms with Gasteiger partial charge in [-0.1, -0.05) is 20.4 Å². The highest BCUT2D eigenvalue weighted by molar-refractivity contribution is 5.98. The van der Waals surface area contributed by atoms with Crippen molar-refractivity contribution in [3.63, 3.8) is 0 Å². The Kier molecular flexibility index (Phi) is 3.86. The average Bonchev–Trinajstić information content (AvgIpc) is 2.94. The predicted octanol–water partition coefficient (Wildman–Crippen LogP) is 1.06. The Morgan fingerprint density at radius 2 is 2.12 bits per heavy atom. The van der Waals surface area contributed by atoms with Crippen molar-refractivity contribution in [1.82, 2.24) is 5.32 Å². The maximum Gasteiger partial charge on any atom is 0.243 e. The van der Waals surface area contributed by atoms with E-state index in [9.17, 15) is 9.59 Å². The number of hydrogen-bond acceptors (Lipinski definition) is 3. The van der Waals surface area contributed by atoms with Gasteiger partial charge in [-0.3, -0.25) is 9.59 Å². The molecule has 1 amide bonds. The quantitative estimate of drug-likeness (QED) is 0.543. The van der Waals surface area contributed by atoms with Crippen LogP contribution in [0.5, 0.6) is 0 Å². The second-order valence-electron chi connectivity index (χ2n) is 4.78. The minimum atomic E-state index is -0.687. The largest absolute Gasteiger partial charge is 0.361 e. The zero-order valence-corrected chi connectivity index (χ0v) is 10.1. The molecule has 4 heteroatoms. The number of epoxide rings is 1. The highest BCUT2D eigenvalue weighted by Gasteiger charge is 2.49. The third kappa shape index (κ3) is 3.17. The van der Waals surface area contributed by atoms with Gasteiger partial charge in [0.2, 0.25) is 5.91 Å². The maximum atomic E-state index is 12.0. The van der Waals surface area contributed by atoms with E-state index in [4.69, 9.17) is 4.74 Å². The molecule has 0 aliphatic carbocycles. The highest BCUT2D eigenvalue weighted by Crippen LogP contribution is 2.29. The molecule has 4 nitrogen and oxygen atoms in total. The minimum absolute atomic E-state index is 0.0450. The zero-order valence-electron chi connectivity index (χ0n) is 10.1. The number of amides is 1. The van der Waals surface area contributed by atoms with Gasteiger partial charge in [-0.2, -0.15) is 0 Å². The number of ketones is 1. The lowest BCUT2D eigenvalue weighted by Gasteiger charge is -2.20. The molecule has 0 aromatic rings.